The molecule has 1 N–H and O–H groups in total. The lowest BCUT2D eigenvalue weighted by molar-refractivity contribution is -0.137. The van der Waals surface area contributed by atoms with Crippen LogP contribution in [0.25, 0.3) is 11.3 Å². The molecule has 0 aliphatic carbocycles. The van der Waals surface area contributed by atoms with E-state index in [1.165, 1.54) is 24.9 Å². The number of hydrogen-bond donors (Lipinski definition) is 1. The predicted octanol–water partition coefficient (Wildman–Crippen LogP) is 4.85. The molecule has 0 fully saturated rings. The molecule has 3 aromatic rings. The lowest BCUT2D eigenvalue weighted by Gasteiger charge is -2.13. The maximum Gasteiger partial charge on any atom is 0.416 e. The first-order chi connectivity index (χ1) is 14.7. The van der Waals surface area contributed by atoms with Crippen LogP contribution in [0.5, 0.6) is 11.5 Å². The molecule has 0 saturated carbocycles. The van der Waals surface area contributed by atoms with Gasteiger partial charge in [-0.3, -0.25) is 4.79 Å². The number of rotatable bonds is 7. The number of halogens is 3. The van der Waals surface area contributed by atoms with Crippen molar-refractivity contribution in [3.8, 4) is 22.8 Å². The smallest absolute Gasteiger partial charge is 0.416 e. The molecule has 1 amide bonds. The summed E-state index contributed by atoms with van der Waals surface area (Å²) >= 11 is 1.17. The van der Waals surface area contributed by atoms with Crippen molar-refractivity contribution < 1.29 is 27.4 Å². The second kappa shape index (κ2) is 9.34. The summed E-state index contributed by atoms with van der Waals surface area (Å²) in [6.07, 6.45) is -2.83. The lowest BCUT2D eigenvalue weighted by atomic mass is 10.1. The van der Waals surface area contributed by atoms with Crippen molar-refractivity contribution in [2.24, 2.45) is 7.05 Å². The summed E-state index contributed by atoms with van der Waals surface area (Å²) in [4.78, 5) is 16.7. The Kier molecular flexibility index (Phi) is 6.79. The van der Waals surface area contributed by atoms with E-state index in [4.69, 9.17) is 9.47 Å². The average molecular weight is 451 g/mol. The lowest BCUT2D eigenvalue weighted by Crippen LogP contribution is -2.16. The number of thioether (sulfide) groups is 1. The molecule has 0 bridgehead atoms. The van der Waals surface area contributed by atoms with Gasteiger partial charge in [-0.1, -0.05) is 11.8 Å². The summed E-state index contributed by atoms with van der Waals surface area (Å²) in [7, 11) is 4.73. The number of nitrogens with zero attached hydrogens (tertiary/aromatic N) is 2. The van der Waals surface area contributed by atoms with Crippen LogP contribution in [0.3, 0.4) is 0 Å². The molecular weight excluding hydrogens is 431 g/mol. The number of methoxy groups -OCH3 is 2. The van der Waals surface area contributed by atoms with Crippen LogP contribution >= 0.6 is 11.8 Å². The zero-order chi connectivity index (χ0) is 22.6. The summed E-state index contributed by atoms with van der Waals surface area (Å²) < 4.78 is 50.9. The van der Waals surface area contributed by atoms with Gasteiger partial charge in [0.15, 0.2) is 5.16 Å². The van der Waals surface area contributed by atoms with Gasteiger partial charge in [0.05, 0.1) is 43.1 Å². The Morgan fingerprint density at radius 1 is 1.13 bits per heavy atom. The normalized spacial score (nSPS) is 11.3. The molecule has 0 spiro atoms. The predicted molar refractivity (Wildman–Crippen MR) is 113 cm³/mol. The molecule has 2 aromatic carbocycles. The Morgan fingerprint density at radius 3 is 2.45 bits per heavy atom. The second-order valence-electron chi connectivity index (χ2n) is 6.46. The third-order valence-electron chi connectivity index (χ3n) is 4.46. The maximum absolute atomic E-state index is 13.0. The second-order valence-corrected chi connectivity index (χ2v) is 7.41. The summed E-state index contributed by atoms with van der Waals surface area (Å²) in [5, 5.41) is 3.07. The van der Waals surface area contributed by atoms with Crippen LogP contribution in [0.1, 0.15) is 5.56 Å². The van der Waals surface area contributed by atoms with Crippen molar-refractivity contribution in [3.63, 3.8) is 0 Å². The van der Waals surface area contributed by atoms with E-state index in [0.29, 0.717) is 5.16 Å². The molecule has 31 heavy (non-hydrogen) atoms. The molecule has 1 aromatic heterocycles. The SMILES string of the molecule is COc1ccc(-c2cnc(SCC(=O)Nc3cc(C(F)(F)F)ccc3OC)n2C)cc1. The number of benzene rings is 2. The topological polar surface area (TPSA) is 65.4 Å². The van der Waals surface area contributed by atoms with Gasteiger partial charge in [-0.15, -0.1) is 0 Å². The molecule has 6 nitrogen and oxygen atoms in total. The van der Waals surface area contributed by atoms with Gasteiger partial charge in [0, 0.05) is 12.6 Å². The number of alkyl halides is 3. The molecule has 1 heterocycles. The summed E-state index contributed by atoms with van der Waals surface area (Å²) in [6.45, 7) is 0. The highest BCUT2D eigenvalue weighted by molar-refractivity contribution is 7.99. The van der Waals surface area contributed by atoms with Crippen molar-refractivity contribution in [2.45, 2.75) is 11.3 Å². The van der Waals surface area contributed by atoms with Gasteiger partial charge in [0.25, 0.3) is 0 Å². The highest BCUT2D eigenvalue weighted by Gasteiger charge is 2.31. The van der Waals surface area contributed by atoms with Crippen molar-refractivity contribution in [3.05, 3.63) is 54.2 Å². The minimum atomic E-state index is -4.52. The molecule has 0 unspecified atom stereocenters. The van der Waals surface area contributed by atoms with Crippen LogP contribution in [-0.2, 0) is 18.0 Å². The first kappa shape index (κ1) is 22.5. The first-order valence-corrected chi connectivity index (χ1v) is 10.1. The maximum atomic E-state index is 13.0. The molecular formula is C21H20F3N3O3S. The highest BCUT2D eigenvalue weighted by Crippen LogP contribution is 2.35. The van der Waals surface area contributed by atoms with E-state index in [1.807, 2.05) is 35.9 Å². The summed E-state index contributed by atoms with van der Waals surface area (Å²) in [5.41, 5.74) is 0.872. The molecule has 0 saturated heterocycles. The Morgan fingerprint density at radius 2 is 1.84 bits per heavy atom. The highest BCUT2D eigenvalue weighted by atomic mass is 32.2. The van der Waals surface area contributed by atoms with Crippen molar-refractivity contribution in [2.75, 3.05) is 25.3 Å². The van der Waals surface area contributed by atoms with Crippen LogP contribution in [0.15, 0.2) is 53.8 Å². The molecule has 0 aliphatic heterocycles. The first-order valence-electron chi connectivity index (χ1n) is 9.07. The zero-order valence-corrected chi connectivity index (χ0v) is 17.8. The largest absolute Gasteiger partial charge is 0.497 e. The van der Waals surface area contributed by atoms with Gasteiger partial charge < -0.3 is 19.4 Å². The number of amides is 1. The summed E-state index contributed by atoms with van der Waals surface area (Å²) in [5.74, 6) is 0.371. The minimum Gasteiger partial charge on any atom is -0.497 e. The number of aromatic nitrogens is 2. The fourth-order valence-corrected chi connectivity index (χ4v) is 3.61. The van der Waals surface area contributed by atoms with Gasteiger partial charge in [-0.2, -0.15) is 13.2 Å². The van der Waals surface area contributed by atoms with Crippen molar-refractivity contribution in [1.82, 2.24) is 9.55 Å². The van der Waals surface area contributed by atoms with Crippen molar-refractivity contribution in [1.29, 1.82) is 0 Å². The van der Waals surface area contributed by atoms with Gasteiger partial charge in [0.1, 0.15) is 11.5 Å². The number of hydrogen-bond acceptors (Lipinski definition) is 5. The van der Waals surface area contributed by atoms with E-state index in [0.717, 1.165) is 29.1 Å². The van der Waals surface area contributed by atoms with Gasteiger partial charge >= 0.3 is 6.18 Å². The quantitative estimate of drug-likeness (QED) is 0.520. The van der Waals surface area contributed by atoms with E-state index in [9.17, 15) is 18.0 Å². The number of imidazole rings is 1. The third kappa shape index (κ3) is 5.32. The monoisotopic (exact) mass is 451 g/mol. The van der Waals surface area contributed by atoms with Crippen LogP contribution in [-0.4, -0.2) is 35.4 Å². The average Bonchev–Trinajstić information content (AvgIpc) is 3.12. The van der Waals surface area contributed by atoms with Crippen LogP contribution in [0.2, 0.25) is 0 Å². The van der Waals surface area contributed by atoms with Crippen LogP contribution in [0.4, 0.5) is 18.9 Å². The molecule has 164 valence electrons. The van der Waals surface area contributed by atoms with E-state index in [2.05, 4.69) is 10.3 Å². The molecule has 3 rings (SSSR count). The number of anilines is 1. The summed E-state index contributed by atoms with van der Waals surface area (Å²) in [6, 6.07) is 10.4. The zero-order valence-electron chi connectivity index (χ0n) is 17.0. The molecule has 0 atom stereocenters. The fraction of sp³-hybridized carbons (Fsp3) is 0.238. The third-order valence-corrected chi connectivity index (χ3v) is 5.51. The van der Waals surface area contributed by atoms with Crippen LogP contribution < -0.4 is 14.8 Å². The Hall–Kier alpha value is -3.14. The van der Waals surface area contributed by atoms with Crippen molar-refractivity contribution >= 4 is 23.4 Å². The number of carbonyl (C=O) groups excluding carboxylic acids is 1. The number of nitrogens with one attached hydrogen (secondary N) is 1. The fourth-order valence-electron chi connectivity index (χ4n) is 2.86. The van der Waals surface area contributed by atoms with E-state index in [-0.39, 0.29) is 17.2 Å². The Labute approximate surface area is 181 Å². The van der Waals surface area contributed by atoms with Gasteiger partial charge in [0.2, 0.25) is 5.91 Å². The molecule has 10 heteroatoms. The van der Waals surface area contributed by atoms with E-state index in [1.54, 1.807) is 13.3 Å². The van der Waals surface area contributed by atoms with Crippen LogP contribution in [0, 0.1) is 0 Å². The molecule has 0 radical (unpaired) electrons. The van der Waals surface area contributed by atoms with Gasteiger partial charge in [-0.05, 0) is 42.5 Å². The minimum absolute atomic E-state index is 0.0354. The van der Waals surface area contributed by atoms with E-state index >= 15 is 0 Å². The number of ether oxygens (including phenoxy) is 2. The van der Waals surface area contributed by atoms with Gasteiger partial charge in [-0.25, -0.2) is 4.98 Å². The van der Waals surface area contributed by atoms with E-state index < -0.39 is 17.6 Å². The Bertz CT molecular complexity index is 1070. The Balaban J connectivity index is 1.68. The number of carbonyl (C=O) groups is 1. The standard InChI is InChI=1S/C21H20F3N3O3S/c1-27-17(13-4-7-15(29-2)8-5-13)11-25-20(27)31-12-19(28)26-16-10-14(21(22,23)24)6-9-18(16)30-3/h4-11H,12H2,1-3H3,(H,26,28). The molecule has 0 aliphatic rings.